The predicted molar refractivity (Wildman–Crippen MR) is 158 cm³/mol. The molecule has 0 spiro atoms. The lowest BCUT2D eigenvalue weighted by Gasteiger charge is -2.30. The Hall–Kier alpha value is -3.58. The van der Waals surface area contributed by atoms with Crippen molar-refractivity contribution in [2.75, 3.05) is 62.4 Å². The Morgan fingerprint density at radius 1 is 0.850 bits per heavy atom. The number of rotatable bonds is 7. The van der Waals surface area contributed by atoms with Crippen LogP contribution in [0.25, 0.3) is 6.08 Å². The molecule has 1 aromatic heterocycles. The molecule has 10 nitrogen and oxygen atoms in total. The first-order chi connectivity index (χ1) is 19.6. The molecule has 40 heavy (non-hydrogen) atoms. The number of benzene rings is 2. The number of nitrogens with zero attached hydrogens (tertiary/aromatic N) is 6. The van der Waals surface area contributed by atoms with Crippen molar-refractivity contribution in [1.29, 1.82) is 0 Å². The number of amides is 1. The molecule has 3 aliphatic rings. The quantitative estimate of drug-likeness (QED) is 0.304. The van der Waals surface area contributed by atoms with Gasteiger partial charge < -0.3 is 24.0 Å². The summed E-state index contributed by atoms with van der Waals surface area (Å²) in [5.74, 6) is 1.64. The number of morpholine rings is 2. The molecule has 0 N–H and O–H groups in total. The summed E-state index contributed by atoms with van der Waals surface area (Å²) in [6.07, 6.45) is 1.85. The molecule has 1 amide bonds. The van der Waals surface area contributed by atoms with Crippen LogP contribution in [0.4, 0.5) is 11.9 Å². The van der Waals surface area contributed by atoms with Gasteiger partial charge in [0.2, 0.25) is 11.9 Å². The number of carbonyl (C=O) groups is 1. The fraction of sp³-hybridized carbons (Fsp3) is 0.321. The van der Waals surface area contributed by atoms with E-state index in [0.29, 0.717) is 86.0 Å². The maximum absolute atomic E-state index is 13.0. The van der Waals surface area contributed by atoms with Crippen molar-refractivity contribution < 1.29 is 19.0 Å². The molecule has 0 radical (unpaired) electrons. The standard InChI is InChI=1S/C28H28N6O4S2/c35-24-23(40-28(39)34(24)19-21-4-2-1-3-5-21)18-20-6-8-22(9-7-20)38-27-30-25(32-10-14-36-15-11-32)29-26(31-27)33-12-16-37-17-13-33/h1-9,18H,10-17,19H2/b23-18+. The number of thiocarbonyl (C=S) groups is 1. The van der Waals surface area contributed by atoms with Crippen LogP contribution >= 0.6 is 24.0 Å². The molecule has 3 aromatic rings. The van der Waals surface area contributed by atoms with Crippen LogP contribution in [0.1, 0.15) is 11.1 Å². The van der Waals surface area contributed by atoms with Crippen LogP contribution in [0.5, 0.6) is 11.8 Å². The van der Waals surface area contributed by atoms with Crippen molar-refractivity contribution in [2.24, 2.45) is 0 Å². The molecule has 0 bridgehead atoms. The molecule has 6 rings (SSSR count). The molecule has 0 saturated carbocycles. The van der Waals surface area contributed by atoms with Crippen molar-refractivity contribution in [1.82, 2.24) is 19.9 Å². The van der Waals surface area contributed by atoms with Crippen molar-refractivity contribution in [3.63, 3.8) is 0 Å². The highest BCUT2D eigenvalue weighted by Crippen LogP contribution is 2.34. The van der Waals surface area contributed by atoms with E-state index in [-0.39, 0.29) is 11.9 Å². The van der Waals surface area contributed by atoms with Gasteiger partial charge in [-0.15, -0.1) is 0 Å². The van der Waals surface area contributed by atoms with E-state index in [9.17, 15) is 4.79 Å². The van der Waals surface area contributed by atoms with E-state index in [1.54, 1.807) is 4.90 Å². The average Bonchev–Trinajstić information content (AvgIpc) is 3.26. The summed E-state index contributed by atoms with van der Waals surface area (Å²) in [6, 6.07) is 17.5. The largest absolute Gasteiger partial charge is 0.424 e. The Bertz CT molecular complexity index is 1360. The van der Waals surface area contributed by atoms with Gasteiger partial charge in [-0.25, -0.2) is 0 Å². The van der Waals surface area contributed by atoms with E-state index in [0.717, 1.165) is 11.1 Å². The fourth-order valence-electron chi connectivity index (χ4n) is 4.48. The average molecular weight is 577 g/mol. The third kappa shape index (κ3) is 6.25. The summed E-state index contributed by atoms with van der Waals surface area (Å²) in [4.78, 5) is 33.4. The zero-order valence-corrected chi connectivity index (χ0v) is 23.4. The zero-order valence-electron chi connectivity index (χ0n) is 21.8. The Morgan fingerprint density at radius 2 is 1.45 bits per heavy atom. The third-order valence-corrected chi connectivity index (χ3v) is 8.00. The van der Waals surface area contributed by atoms with E-state index in [4.69, 9.17) is 31.4 Å². The molecular formula is C28H28N6O4S2. The van der Waals surface area contributed by atoms with Gasteiger partial charge in [-0.3, -0.25) is 9.69 Å². The second kappa shape index (κ2) is 12.3. The van der Waals surface area contributed by atoms with Crippen LogP contribution in [0.3, 0.4) is 0 Å². The monoisotopic (exact) mass is 576 g/mol. The van der Waals surface area contributed by atoms with Gasteiger partial charge >= 0.3 is 6.01 Å². The maximum Gasteiger partial charge on any atom is 0.328 e. The zero-order chi connectivity index (χ0) is 27.3. The van der Waals surface area contributed by atoms with E-state index in [1.807, 2.05) is 60.7 Å². The van der Waals surface area contributed by atoms with Gasteiger partial charge in [0.25, 0.3) is 5.91 Å². The maximum atomic E-state index is 13.0. The molecule has 3 saturated heterocycles. The normalized spacial score (nSPS) is 19.0. The van der Waals surface area contributed by atoms with Gasteiger partial charge in [0, 0.05) is 26.2 Å². The number of anilines is 2. The molecular weight excluding hydrogens is 548 g/mol. The van der Waals surface area contributed by atoms with Gasteiger partial charge in [0.15, 0.2) is 0 Å². The number of ether oxygens (including phenoxy) is 3. The number of hydrogen-bond acceptors (Lipinski definition) is 11. The lowest BCUT2D eigenvalue weighted by Crippen LogP contribution is -2.40. The minimum atomic E-state index is -0.0874. The first kappa shape index (κ1) is 26.6. The number of hydrogen-bond donors (Lipinski definition) is 0. The summed E-state index contributed by atoms with van der Waals surface area (Å²) in [5, 5.41) is 0. The Balaban J connectivity index is 1.17. The summed E-state index contributed by atoms with van der Waals surface area (Å²) in [6.45, 7) is 5.79. The topological polar surface area (TPSA) is 93.1 Å². The molecule has 12 heteroatoms. The molecule has 0 aliphatic carbocycles. The third-order valence-electron chi connectivity index (χ3n) is 6.62. The van der Waals surface area contributed by atoms with Crippen molar-refractivity contribution in [3.05, 3.63) is 70.6 Å². The lowest BCUT2D eigenvalue weighted by molar-refractivity contribution is -0.122. The van der Waals surface area contributed by atoms with E-state index in [2.05, 4.69) is 19.8 Å². The minimum Gasteiger partial charge on any atom is -0.424 e. The SMILES string of the molecule is O=C1/C(=C\c2ccc(Oc3nc(N4CCOCC4)nc(N4CCOCC4)n3)cc2)SC(=S)N1Cc1ccccc1. The summed E-state index contributed by atoms with van der Waals surface area (Å²) >= 11 is 6.80. The van der Waals surface area contributed by atoms with Crippen LogP contribution in [-0.4, -0.2) is 82.7 Å². The molecule has 3 aliphatic heterocycles. The molecule has 0 unspecified atom stereocenters. The first-order valence-corrected chi connectivity index (χ1v) is 14.3. The summed E-state index contributed by atoms with van der Waals surface area (Å²) in [7, 11) is 0. The minimum absolute atomic E-state index is 0.0874. The highest BCUT2D eigenvalue weighted by molar-refractivity contribution is 8.26. The van der Waals surface area contributed by atoms with Gasteiger partial charge in [-0.2, -0.15) is 15.0 Å². The van der Waals surface area contributed by atoms with Crippen LogP contribution < -0.4 is 14.5 Å². The van der Waals surface area contributed by atoms with Crippen molar-refractivity contribution in [3.8, 4) is 11.8 Å². The van der Waals surface area contributed by atoms with Crippen molar-refractivity contribution in [2.45, 2.75) is 6.54 Å². The van der Waals surface area contributed by atoms with Crippen LogP contribution in [-0.2, 0) is 20.8 Å². The predicted octanol–water partition coefficient (Wildman–Crippen LogP) is 3.74. The van der Waals surface area contributed by atoms with E-state index < -0.39 is 0 Å². The van der Waals surface area contributed by atoms with E-state index >= 15 is 0 Å². The second-order valence-electron chi connectivity index (χ2n) is 9.34. The fourth-order valence-corrected chi connectivity index (χ4v) is 5.74. The Morgan fingerprint density at radius 3 is 2.05 bits per heavy atom. The van der Waals surface area contributed by atoms with Gasteiger partial charge in [0.1, 0.15) is 10.1 Å². The smallest absolute Gasteiger partial charge is 0.328 e. The number of carbonyl (C=O) groups excluding carboxylic acids is 1. The summed E-state index contributed by atoms with van der Waals surface area (Å²) < 4.78 is 17.6. The molecule has 0 atom stereocenters. The van der Waals surface area contributed by atoms with Gasteiger partial charge in [-0.05, 0) is 29.3 Å². The van der Waals surface area contributed by atoms with Crippen molar-refractivity contribution >= 4 is 52.2 Å². The Labute approximate surface area is 242 Å². The molecule has 2 aromatic carbocycles. The van der Waals surface area contributed by atoms with E-state index in [1.165, 1.54) is 11.8 Å². The first-order valence-electron chi connectivity index (χ1n) is 13.1. The molecule has 4 heterocycles. The highest BCUT2D eigenvalue weighted by atomic mass is 32.2. The molecule has 3 fully saturated rings. The van der Waals surface area contributed by atoms with Gasteiger partial charge in [0.05, 0.1) is 37.9 Å². The Kier molecular flexibility index (Phi) is 8.19. The second-order valence-corrected chi connectivity index (χ2v) is 11.0. The number of aromatic nitrogens is 3. The summed E-state index contributed by atoms with van der Waals surface area (Å²) in [5.41, 5.74) is 1.90. The highest BCUT2D eigenvalue weighted by Gasteiger charge is 2.32. The lowest BCUT2D eigenvalue weighted by atomic mass is 10.2. The van der Waals surface area contributed by atoms with Gasteiger partial charge in [-0.1, -0.05) is 66.4 Å². The van der Waals surface area contributed by atoms with Crippen LogP contribution in [0, 0.1) is 0 Å². The molecule has 206 valence electrons. The van der Waals surface area contributed by atoms with Crippen LogP contribution in [0.2, 0.25) is 0 Å². The number of thioether (sulfide) groups is 1. The van der Waals surface area contributed by atoms with Crippen LogP contribution in [0.15, 0.2) is 59.5 Å².